The topological polar surface area (TPSA) is 20.3 Å². The molecule has 2 nitrogen and oxygen atoms in total. The van der Waals surface area contributed by atoms with Gasteiger partial charge in [0.1, 0.15) is 0 Å². The van der Waals surface area contributed by atoms with Crippen LogP contribution in [-0.4, -0.2) is 23.4 Å². The van der Waals surface area contributed by atoms with E-state index >= 15 is 0 Å². The molecule has 1 aliphatic rings. The van der Waals surface area contributed by atoms with E-state index in [4.69, 9.17) is 0 Å². The van der Waals surface area contributed by atoms with Gasteiger partial charge in [0.05, 0.1) is 6.04 Å². The molecule has 1 aromatic heterocycles. The highest BCUT2D eigenvalue weighted by Crippen LogP contribution is 2.16. The Hall–Kier alpha value is -1.09. The Kier molecular flexibility index (Phi) is 4.37. The number of nitrogens with zero attached hydrogens (tertiary/aromatic N) is 1. The van der Waals surface area contributed by atoms with E-state index in [0.717, 1.165) is 25.8 Å². The molecule has 92 valence electrons. The smallest absolute Gasteiger partial charge is 0.223 e. The van der Waals surface area contributed by atoms with Crippen molar-refractivity contribution in [2.45, 2.75) is 38.6 Å². The molecular weight excluding hydrogens is 230 g/mol. The van der Waals surface area contributed by atoms with Crippen molar-refractivity contribution in [2.24, 2.45) is 0 Å². The SMILES string of the molecule is CCC1C=CCN1C(=O)CCCc1cccs1. The van der Waals surface area contributed by atoms with Crippen molar-refractivity contribution in [3.63, 3.8) is 0 Å². The highest BCUT2D eigenvalue weighted by Gasteiger charge is 2.22. The van der Waals surface area contributed by atoms with E-state index in [9.17, 15) is 4.79 Å². The van der Waals surface area contributed by atoms with Crippen molar-refractivity contribution in [1.82, 2.24) is 4.90 Å². The zero-order chi connectivity index (χ0) is 12.1. The summed E-state index contributed by atoms with van der Waals surface area (Å²) in [7, 11) is 0. The second-order valence-corrected chi connectivity index (χ2v) is 5.42. The summed E-state index contributed by atoms with van der Waals surface area (Å²) in [5.74, 6) is 0.304. The number of hydrogen-bond donors (Lipinski definition) is 0. The van der Waals surface area contributed by atoms with E-state index < -0.39 is 0 Å². The summed E-state index contributed by atoms with van der Waals surface area (Å²) >= 11 is 1.77. The number of aryl methyl sites for hydroxylation is 1. The zero-order valence-electron chi connectivity index (χ0n) is 10.3. The van der Waals surface area contributed by atoms with Gasteiger partial charge in [0.15, 0.2) is 0 Å². The largest absolute Gasteiger partial charge is 0.333 e. The Morgan fingerprint density at radius 3 is 3.18 bits per heavy atom. The Morgan fingerprint density at radius 2 is 2.47 bits per heavy atom. The summed E-state index contributed by atoms with van der Waals surface area (Å²) in [4.78, 5) is 15.4. The maximum absolute atomic E-state index is 12.0. The molecule has 0 radical (unpaired) electrons. The van der Waals surface area contributed by atoms with Crippen LogP contribution in [0.15, 0.2) is 29.7 Å². The maximum Gasteiger partial charge on any atom is 0.223 e. The Morgan fingerprint density at radius 1 is 1.59 bits per heavy atom. The molecular formula is C14H19NOS. The van der Waals surface area contributed by atoms with Gasteiger partial charge in [-0.2, -0.15) is 0 Å². The number of amides is 1. The van der Waals surface area contributed by atoms with Crippen molar-refractivity contribution in [2.75, 3.05) is 6.54 Å². The quantitative estimate of drug-likeness (QED) is 0.734. The summed E-state index contributed by atoms with van der Waals surface area (Å²) in [6.45, 7) is 2.93. The van der Waals surface area contributed by atoms with Crippen LogP contribution in [0.2, 0.25) is 0 Å². The molecule has 1 amide bonds. The molecule has 0 spiro atoms. The first-order chi connectivity index (χ1) is 8.31. The molecule has 17 heavy (non-hydrogen) atoms. The average Bonchev–Trinajstić information content (AvgIpc) is 2.99. The van der Waals surface area contributed by atoms with Crippen LogP contribution in [-0.2, 0) is 11.2 Å². The van der Waals surface area contributed by atoms with E-state index in [1.54, 1.807) is 11.3 Å². The predicted octanol–water partition coefficient (Wildman–Crippen LogP) is 3.25. The number of carbonyl (C=O) groups is 1. The van der Waals surface area contributed by atoms with E-state index in [0.29, 0.717) is 18.4 Å². The molecule has 1 aliphatic heterocycles. The van der Waals surface area contributed by atoms with Crippen molar-refractivity contribution >= 4 is 17.2 Å². The second kappa shape index (κ2) is 6.01. The molecule has 0 aliphatic carbocycles. The van der Waals surface area contributed by atoms with Gasteiger partial charge in [-0.05, 0) is 30.7 Å². The summed E-state index contributed by atoms with van der Waals surface area (Å²) in [6, 6.07) is 4.55. The highest BCUT2D eigenvalue weighted by molar-refractivity contribution is 7.09. The number of hydrogen-bond acceptors (Lipinski definition) is 2. The van der Waals surface area contributed by atoms with Gasteiger partial charge < -0.3 is 4.90 Å². The standard InChI is InChI=1S/C14H19NOS/c1-2-12-6-4-10-15(12)14(16)9-3-7-13-8-5-11-17-13/h4-6,8,11-12H,2-3,7,9-10H2,1H3. The molecule has 1 aromatic rings. The lowest BCUT2D eigenvalue weighted by atomic mass is 10.1. The van der Waals surface area contributed by atoms with Crippen molar-refractivity contribution < 1.29 is 4.79 Å². The molecule has 0 fully saturated rings. The molecule has 2 rings (SSSR count). The molecule has 0 N–H and O–H groups in total. The molecule has 1 unspecified atom stereocenters. The fourth-order valence-electron chi connectivity index (χ4n) is 2.23. The summed E-state index contributed by atoms with van der Waals surface area (Å²) in [6.07, 6.45) is 7.94. The van der Waals surface area contributed by atoms with Gasteiger partial charge in [0, 0.05) is 17.8 Å². The maximum atomic E-state index is 12.0. The Balaban J connectivity index is 1.74. The minimum Gasteiger partial charge on any atom is -0.333 e. The van der Waals surface area contributed by atoms with Crippen LogP contribution in [0.1, 0.15) is 31.1 Å². The monoisotopic (exact) mass is 249 g/mol. The predicted molar refractivity (Wildman–Crippen MR) is 72.2 cm³/mol. The van der Waals surface area contributed by atoms with Gasteiger partial charge in [0.2, 0.25) is 5.91 Å². The molecule has 2 heterocycles. The lowest BCUT2D eigenvalue weighted by molar-refractivity contribution is -0.131. The Bertz CT molecular complexity index is 383. The fourth-order valence-corrected chi connectivity index (χ4v) is 2.98. The number of rotatable bonds is 5. The third-order valence-electron chi connectivity index (χ3n) is 3.19. The van der Waals surface area contributed by atoms with Crippen LogP contribution in [0.4, 0.5) is 0 Å². The van der Waals surface area contributed by atoms with E-state index in [1.165, 1.54) is 4.88 Å². The van der Waals surface area contributed by atoms with Crippen LogP contribution < -0.4 is 0 Å². The molecule has 3 heteroatoms. The normalized spacial score (nSPS) is 18.9. The van der Waals surface area contributed by atoms with E-state index in [-0.39, 0.29) is 0 Å². The lowest BCUT2D eigenvalue weighted by Crippen LogP contribution is -2.35. The highest BCUT2D eigenvalue weighted by atomic mass is 32.1. The lowest BCUT2D eigenvalue weighted by Gasteiger charge is -2.23. The van der Waals surface area contributed by atoms with Crippen LogP contribution in [0.5, 0.6) is 0 Å². The van der Waals surface area contributed by atoms with Crippen LogP contribution >= 0.6 is 11.3 Å². The Labute approximate surface area is 107 Å². The third kappa shape index (κ3) is 3.19. The van der Waals surface area contributed by atoms with Gasteiger partial charge in [-0.1, -0.05) is 25.1 Å². The first kappa shape index (κ1) is 12.4. The van der Waals surface area contributed by atoms with E-state index in [1.807, 2.05) is 4.90 Å². The summed E-state index contributed by atoms with van der Waals surface area (Å²) in [5, 5.41) is 2.09. The van der Waals surface area contributed by atoms with Gasteiger partial charge >= 0.3 is 0 Å². The van der Waals surface area contributed by atoms with Gasteiger partial charge in [0.25, 0.3) is 0 Å². The molecule has 1 atom stereocenters. The van der Waals surface area contributed by atoms with Crippen LogP contribution in [0.25, 0.3) is 0 Å². The van der Waals surface area contributed by atoms with Crippen molar-refractivity contribution in [3.05, 3.63) is 34.5 Å². The minimum absolute atomic E-state index is 0.304. The molecule has 0 aromatic carbocycles. The van der Waals surface area contributed by atoms with Crippen LogP contribution in [0, 0.1) is 0 Å². The second-order valence-electron chi connectivity index (χ2n) is 4.38. The first-order valence-electron chi connectivity index (χ1n) is 6.29. The third-order valence-corrected chi connectivity index (χ3v) is 4.13. The summed E-state index contributed by atoms with van der Waals surface area (Å²) in [5.41, 5.74) is 0. The zero-order valence-corrected chi connectivity index (χ0v) is 11.1. The van der Waals surface area contributed by atoms with Gasteiger partial charge in [-0.15, -0.1) is 11.3 Å². The fraction of sp³-hybridized carbons (Fsp3) is 0.500. The molecule has 0 saturated heterocycles. The number of carbonyl (C=O) groups excluding carboxylic acids is 1. The number of thiophene rings is 1. The van der Waals surface area contributed by atoms with Gasteiger partial charge in [-0.25, -0.2) is 0 Å². The van der Waals surface area contributed by atoms with Crippen LogP contribution in [0.3, 0.4) is 0 Å². The molecule has 0 saturated carbocycles. The van der Waals surface area contributed by atoms with Gasteiger partial charge in [-0.3, -0.25) is 4.79 Å². The summed E-state index contributed by atoms with van der Waals surface area (Å²) < 4.78 is 0. The first-order valence-corrected chi connectivity index (χ1v) is 7.17. The average molecular weight is 249 g/mol. The van der Waals surface area contributed by atoms with Crippen molar-refractivity contribution in [3.8, 4) is 0 Å². The van der Waals surface area contributed by atoms with E-state index in [2.05, 4.69) is 36.6 Å². The molecule has 0 bridgehead atoms. The minimum atomic E-state index is 0.304. The van der Waals surface area contributed by atoms with Crippen molar-refractivity contribution in [1.29, 1.82) is 0 Å².